The van der Waals surface area contributed by atoms with E-state index in [2.05, 4.69) is 5.32 Å². The van der Waals surface area contributed by atoms with Crippen molar-refractivity contribution in [1.82, 2.24) is 15.1 Å². The molecule has 0 unspecified atom stereocenters. The molecule has 3 rings (SSSR count). The van der Waals surface area contributed by atoms with Crippen LogP contribution in [0.15, 0.2) is 18.2 Å². The number of hydrogen-bond donors (Lipinski definition) is 1. The first-order valence-electron chi connectivity index (χ1n) is 12.0. The Labute approximate surface area is 206 Å². The average molecular weight is 492 g/mol. The molecule has 0 radical (unpaired) electrons. The third-order valence-corrected chi connectivity index (χ3v) is 5.67. The van der Waals surface area contributed by atoms with E-state index >= 15 is 0 Å². The van der Waals surface area contributed by atoms with Crippen molar-refractivity contribution < 1.29 is 33.3 Å². The third-order valence-electron chi connectivity index (χ3n) is 5.67. The summed E-state index contributed by atoms with van der Waals surface area (Å²) in [6, 6.07) is 5.36. The minimum atomic E-state index is -0.765. The van der Waals surface area contributed by atoms with Gasteiger partial charge < -0.3 is 34.1 Å². The van der Waals surface area contributed by atoms with Crippen LogP contribution in [0.5, 0.6) is 5.75 Å². The topological polar surface area (TPSA) is 107 Å². The molecular weight excluding hydrogens is 454 g/mol. The Bertz CT molecular complexity index is 911. The summed E-state index contributed by atoms with van der Waals surface area (Å²) in [6.45, 7) is 7.32. The van der Waals surface area contributed by atoms with E-state index in [-0.39, 0.29) is 31.0 Å². The van der Waals surface area contributed by atoms with E-state index in [1.807, 2.05) is 26.8 Å². The fourth-order valence-corrected chi connectivity index (χ4v) is 3.82. The van der Waals surface area contributed by atoms with Crippen LogP contribution in [0.2, 0.25) is 0 Å². The minimum absolute atomic E-state index is 0.105. The molecule has 1 aliphatic carbocycles. The highest BCUT2D eigenvalue weighted by atomic mass is 16.6. The van der Waals surface area contributed by atoms with Crippen molar-refractivity contribution >= 4 is 17.9 Å². The molecule has 35 heavy (non-hydrogen) atoms. The van der Waals surface area contributed by atoms with Crippen LogP contribution in [0.25, 0.3) is 0 Å². The molecule has 1 aliphatic heterocycles. The van der Waals surface area contributed by atoms with Crippen molar-refractivity contribution in [3.63, 3.8) is 0 Å². The quantitative estimate of drug-likeness (QED) is 0.528. The maximum Gasteiger partial charge on any atom is 0.410 e. The second-order valence-corrected chi connectivity index (χ2v) is 9.80. The van der Waals surface area contributed by atoms with Crippen LogP contribution in [-0.2, 0) is 25.5 Å². The number of rotatable bonds is 9. The molecule has 1 saturated carbocycles. The largest absolute Gasteiger partial charge is 0.497 e. The van der Waals surface area contributed by atoms with Gasteiger partial charge in [0, 0.05) is 38.3 Å². The SMILES string of the molecule is COCCNC(=O)c1cc(CN(C(=O)[C@H]2CN(C(=O)OC(C)(C)C)CCO2)C2CC2)cc(OC)c1. The highest BCUT2D eigenvalue weighted by molar-refractivity contribution is 5.94. The minimum Gasteiger partial charge on any atom is -0.497 e. The van der Waals surface area contributed by atoms with Crippen molar-refractivity contribution in [3.05, 3.63) is 29.3 Å². The number of amides is 3. The summed E-state index contributed by atoms with van der Waals surface area (Å²) in [6.07, 6.45) is 0.596. The lowest BCUT2D eigenvalue weighted by atomic mass is 10.1. The second-order valence-electron chi connectivity index (χ2n) is 9.80. The number of carbonyl (C=O) groups excluding carboxylic acids is 3. The zero-order valence-corrected chi connectivity index (χ0v) is 21.3. The van der Waals surface area contributed by atoms with Gasteiger partial charge in [-0.05, 0) is 57.4 Å². The lowest BCUT2D eigenvalue weighted by Crippen LogP contribution is -2.53. The molecule has 1 heterocycles. The van der Waals surface area contributed by atoms with E-state index in [0.717, 1.165) is 18.4 Å². The van der Waals surface area contributed by atoms with E-state index in [0.29, 0.717) is 37.6 Å². The fourth-order valence-electron chi connectivity index (χ4n) is 3.82. The van der Waals surface area contributed by atoms with Crippen molar-refractivity contribution in [1.29, 1.82) is 0 Å². The predicted molar refractivity (Wildman–Crippen MR) is 128 cm³/mol. The standard InChI is InChI=1S/C25H37N3O7/c1-25(2,3)35-24(31)27-9-11-34-21(16-27)23(30)28(19-6-7-19)15-17-12-18(14-20(13-17)33-5)22(29)26-8-10-32-4/h12-14,19,21H,6-11,15-16H2,1-5H3,(H,26,29)/t21-/m1/s1. The van der Waals surface area contributed by atoms with Crippen molar-refractivity contribution in [2.45, 2.75) is 57.9 Å². The first kappa shape index (κ1) is 26.7. The first-order valence-corrected chi connectivity index (χ1v) is 12.0. The number of benzene rings is 1. The maximum absolute atomic E-state index is 13.5. The number of methoxy groups -OCH3 is 2. The van der Waals surface area contributed by atoms with Crippen molar-refractivity contribution in [3.8, 4) is 5.75 Å². The summed E-state index contributed by atoms with van der Waals surface area (Å²) in [7, 11) is 3.11. The molecule has 10 nitrogen and oxygen atoms in total. The smallest absolute Gasteiger partial charge is 0.410 e. The summed E-state index contributed by atoms with van der Waals surface area (Å²) in [5.74, 6) is 0.123. The highest BCUT2D eigenvalue weighted by Crippen LogP contribution is 2.31. The molecule has 194 valence electrons. The van der Waals surface area contributed by atoms with Crippen LogP contribution in [0.1, 0.15) is 49.5 Å². The summed E-state index contributed by atoms with van der Waals surface area (Å²) in [4.78, 5) is 41.9. The summed E-state index contributed by atoms with van der Waals surface area (Å²) in [5.41, 5.74) is 0.611. The molecule has 2 aliphatic rings. The summed E-state index contributed by atoms with van der Waals surface area (Å²) in [5, 5.41) is 2.80. The number of nitrogens with one attached hydrogen (secondary N) is 1. The highest BCUT2D eigenvalue weighted by Gasteiger charge is 2.39. The van der Waals surface area contributed by atoms with E-state index in [1.165, 1.54) is 12.0 Å². The van der Waals surface area contributed by atoms with Gasteiger partial charge in [0.2, 0.25) is 0 Å². The molecule has 1 aromatic rings. The van der Waals surface area contributed by atoms with Crippen molar-refractivity contribution in [2.75, 3.05) is 47.1 Å². The van der Waals surface area contributed by atoms with Gasteiger partial charge in [0.1, 0.15) is 11.4 Å². The van der Waals surface area contributed by atoms with Crippen molar-refractivity contribution in [2.24, 2.45) is 0 Å². The van der Waals surface area contributed by atoms with Crippen LogP contribution in [-0.4, -0.2) is 92.5 Å². The molecule has 0 aromatic heterocycles. The third kappa shape index (κ3) is 7.83. The van der Waals surface area contributed by atoms with Gasteiger partial charge in [0.05, 0.1) is 26.9 Å². The lowest BCUT2D eigenvalue weighted by molar-refractivity contribution is -0.150. The average Bonchev–Trinajstić information content (AvgIpc) is 3.66. The molecule has 10 heteroatoms. The molecule has 3 amide bonds. The Hall–Kier alpha value is -2.85. The first-order chi connectivity index (χ1) is 16.6. The Morgan fingerprint density at radius 1 is 1.17 bits per heavy atom. The zero-order valence-electron chi connectivity index (χ0n) is 21.3. The molecule has 0 spiro atoms. The van der Waals surface area contributed by atoms with Gasteiger partial charge in [0.15, 0.2) is 6.10 Å². The molecule has 1 saturated heterocycles. The van der Waals surface area contributed by atoms with Crippen LogP contribution in [0, 0.1) is 0 Å². The van der Waals surface area contributed by atoms with Crippen LogP contribution >= 0.6 is 0 Å². The molecule has 1 atom stereocenters. The zero-order chi connectivity index (χ0) is 25.6. The van der Waals surface area contributed by atoms with E-state index in [1.54, 1.807) is 24.1 Å². The van der Waals surface area contributed by atoms with Gasteiger partial charge >= 0.3 is 6.09 Å². The monoisotopic (exact) mass is 491 g/mol. The van der Waals surface area contributed by atoms with E-state index < -0.39 is 17.8 Å². The van der Waals surface area contributed by atoms with E-state index in [4.69, 9.17) is 18.9 Å². The number of morpholine rings is 1. The molecular formula is C25H37N3O7. The van der Waals surface area contributed by atoms with Crippen LogP contribution in [0.4, 0.5) is 4.79 Å². The molecule has 1 N–H and O–H groups in total. The van der Waals surface area contributed by atoms with Crippen LogP contribution < -0.4 is 10.1 Å². The van der Waals surface area contributed by atoms with Gasteiger partial charge in [-0.25, -0.2) is 4.79 Å². The maximum atomic E-state index is 13.5. The Morgan fingerprint density at radius 2 is 1.91 bits per heavy atom. The fraction of sp³-hybridized carbons (Fsp3) is 0.640. The molecule has 1 aromatic carbocycles. The van der Waals surface area contributed by atoms with Gasteiger partial charge in [-0.2, -0.15) is 0 Å². The summed E-state index contributed by atoms with van der Waals surface area (Å²) < 4.78 is 21.6. The Kier molecular flexibility index (Phi) is 8.96. The van der Waals surface area contributed by atoms with Gasteiger partial charge in [-0.15, -0.1) is 0 Å². The van der Waals surface area contributed by atoms with Crippen LogP contribution in [0.3, 0.4) is 0 Å². The number of ether oxygens (including phenoxy) is 4. The molecule has 2 fully saturated rings. The summed E-state index contributed by atoms with van der Waals surface area (Å²) >= 11 is 0. The lowest BCUT2D eigenvalue weighted by Gasteiger charge is -2.36. The predicted octanol–water partition coefficient (Wildman–Crippen LogP) is 2.20. The van der Waals surface area contributed by atoms with Gasteiger partial charge in [-0.3, -0.25) is 9.59 Å². The van der Waals surface area contributed by atoms with E-state index in [9.17, 15) is 14.4 Å². The van der Waals surface area contributed by atoms with Gasteiger partial charge in [-0.1, -0.05) is 0 Å². The number of nitrogens with zero attached hydrogens (tertiary/aromatic N) is 2. The Balaban J connectivity index is 1.72. The second kappa shape index (κ2) is 11.7. The molecule has 0 bridgehead atoms. The number of hydrogen-bond acceptors (Lipinski definition) is 7. The Morgan fingerprint density at radius 3 is 2.54 bits per heavy atom. The van der Waals surface area contributed by atoms with Gasteiger partial charge in [0.25, 0.3) is 11.8 Å². The number of carbonyl (C=O) groups is 3. The normalized spacial score (nSPS) is 18.1.